The number of fused-ring (bicyclic) bond motifs is 1. The summed E-state index contributed by atoms with van der Waals surface area (Å²) in [6, 6.07) is 14.8. The molecule has 0 unspecified atom stereocenters. The van der Waals surface area contributed by atoms with E-state index < -0.39 is 0 Å². The molecular formula is C22H22ClN7O2. The summed E-state index contributed by atoms with van der Waals surface area (Å²) in [5.74, 6) is 0.664. The Kier molecular flexibility index (Phi) is 5.74. The molecule has 10 heteroatoms. The van der Waals surface area contributed by atoms with E-state index in [4.69, 9.17) is 16.2 Å². The molecule has 5 rings (SSSR count). The number of carbonyl (C=O) groups is 1. The van der Waals surface area contributed by atoms with Gasteiger partial charge in [0.2, 0.25) is 0 Å². The first-order chi connectivity index (χ1) is 15.7. The fourth-order valence-electron chi connectivity index (χ4n) is 4.04. The standard InChI is InChI=1S/C22H22ClN7O2/c23-17-3-1-2-4-18(17)25-22(31)26-21-7-10-24-30(21)16-8-11-29(12-9-16)14-15-5-6-19-20(13-15)28-32-27-19/h1-7,10,13,16H,8-9,11-12,14H2,(H2,25,26,31). The molecule has 0 bridgehead atoms. The zero-order chi connectivity index (χ0) is 21.9. The maximum atomic E-state index is 12.4. The van der Waals surface area contributed by atoms with Crippen LogP contribution in [0.25, 0.3) is 11.0 Å². The van der Waals surface area contributed by atoms with Gasteiger partial charge in [0.25, 0.3) is 0 Å². The van der Waals surface area contributed by atoms with Gasteiger partial charge in [0.05, 0.1) is 22.9 Å². The van der Waals surface area contributed by atoms with Gasteiger partial charge < -0.3 is 5.32 Å². The van der Waals surface area contributed by atoms with Gasteiger partial charge in [0, 0.05) is 25.7 Å². The van der Waals surface area contributed by atoms with Crippen molar-refractivity contribution in [2.45, 2.75) is 25.4 Å². The van der Waals surface area contributed by atoms with E-state index in [1.807, 2.05) is 28.9 Å². The van der Waals surface area contributed by atoms with Crippen LogP contribution in [0.5, 0.6) is 0 Å². The third-order valence-electron chi connectivity index (χ3n) is 5.66. The number of aromatic nitrogens is 4. The van der Waals surface area contributed by atoms with Gasteiger partial charge >= 0.3 is 6.03 Å². The van der Waals surface area contributed by atoms with Crippen LogP contribution in [0, 0.1) is 0 Å². The first-order valence-electron chi connectivity index (χ1n) is 10.5. The first-order valence-corrected chi connectivity index (χ1v) is 10.8. The lowest BCUT2D eigenvalue weighted by Crippen LogP contribution is -2.35. The Bertz CT molecular complexity index is 1230. The highest BCUT2D eigenvalue weighted by atomic mass is 35.5. The molecule has 0 atom stereocenters. The third-order valence-corrected chi connectivity index (χ3v) is 5.99. The Labute approximate surface area is 189 Å². The lowest BCUT2D eigenvalue weighted by atomic mass is 10.0. The van der Waals surface area contributed by atoms with Gasteiger partial charge in [0.1, 0.15) is 16.9 Å². The molecule has 164 valence electrons. The minimum atomic E-state index is -0.352. The fourth-order valence-corrected chi connectivity index (χ4v) is 4.23. The van der Waals surface area contributed by atoms with Crippen LogP contribution in [0.4, 0.5) is 16.3 Å². The minimum absolute atomic E-state index is 0.221. The van der Waals surface area contributed by atoms with Gasteiger partial charge in [-0.05, 0) is 53.0 Å². The van der Waals surface area contributed by atoms with E-state index in [0.29, 0.717) is 16.5 Å². The van der Waals surface area contributed by atoms with E-state index >= 15 is 0 Å². The lowest BCUT2D eigenvalue weighted by molar-refractivity contribution is 0.174. The van der Waals surface area contributed by atoms with Crippen molar-refractivity contribution in [3.63, 3.8) is 0 Å². The summed E-state index contributed by atoms with van der Waals surface area (Å²) in [7, 11) is 0. The molecule has 0 spiro atoms. The quantitative estimate of drug-likeness (QED) is 0.461. The molecule has 3 heterocycles. The highest BCUT2D eigenvalue weighted by Gasteiger charge is 2.23. The van der Waals surface area contributed by atoms with Gasteiger partial charge in [-0.25, -0.2) is 14.1 Å². The van der Waals surface area contributed by atoms with Crippen molar-refractivity contribution in [2.24, 2.45) is 0 Å². The van der Waals surface area contributed by atoms with Crippen molar-refractivity contribution in [1.82, 2.24) is 25.0 Å². The summed E-state index contributed by atoms with van der Waals surface area (Å²) in [5, 5.41) is 18.4. The smallest absolute Gasteiger partial charge is 0.306 e. The highest BCUT2D eigenvalue weighted by molar-refractivity contribution is 6.33. The second-order valence-corrected chi connectivity index (χ2v) is 8.22. The Balaban J connectivity index is 1.18. The van der Waals surface area contributed by atoms with E-state index in [2.05, 4.69) is 37.0 Å². The van der Waals surface area contributed by atoms with Crippen LogP contribution in [-0.2, 0) is 6.54 Å². The van der Waals surface area contributed by atoms with Gasteiger partial charge in [0.15, 0.2) is 0 Å². The Hall–Kier alpha value is -3.43. The van der Waals surface area contributed by atoms with Crippen LogP contribution in [0.1, 0.15) is 24.4 Å². The number of likely N-dealkylation sites (tertiary alicyclic amines) is 1. The summed E-state index contributed by atoms with van der Waals surface area (Å²) in [4.78, 5) is 14.9. The molecule has 32 heavy (non-hydrogen) atoms. The molecule has 1 saturated heterocycles. The summed E-state index contributed by atoms with van der Waals surface area (Å²) < 4.78 is 6.68. The first kappa shape index (κ1) is 20.5. The lowest BCUT2D eigenvalue weighted by Gasteiger charge is -2.32. The van der Waals surface area contributed by atoms with Crippen molar-refractivity contribution in [1.29, 1.82) is 0 Å². The summed E-state index contributed by atoms with van der Waals surface area (Å²) in [6.07, 6.45) is 3.59. The molecular weight excluding hydrogens is 430 g/mol. The Morgan fingerprint density at radius 3 is 2.72 bits per heavy atom. The van der Waals surface area contributed by atoms with Crippen LogP contribution in [0.3, 0.4) is 0 Å². The van der Waals surface area contributed by atoms with Gasteiger partial charge in [-0.3, -0.25) is 10.2 Å². The number of nitrogens with one attached hydrogen (secondary N) is 2. The summed E-state index contributed by atoms with van der Waals surface area (Å²) in [6.45, 7) is 2.72. The minimum Gasteiger partial charge on any atom is -0.306 e. The van der Waals surface area contributed by atoms with Crippen LogP contribution in [-0.4, -0.2) is 44.1 Å². The summed E-state index contributed by atoms with van der Waals surface area (Å²) >= 11 is 6.12. The largest absolute Gasteiger partial charge is 0.324 e. The van der Waals surface area contributed by atoms with Gasteiger partial charge in [-0.1, -0.05) is 29.8 Å². The number of hydrogen-bond donors (Lipinski definition) is 2. The van der Waals surface area contributed by atoms with Crippen molar-refractivity contribution in [2.75, 3.05) is 23.7 Å². The van der Waals surface area contributed by atoms with Crippen molar-refractivity contribution < 1.29 is 9.42 Å². The number of amides is 2. The number of benzene rings is 2. The molecule has 4 aromatic rings. The predicted octanol–water partition coefficient (Wildman–Crippen LogP) is 4.55. The highest BCUT2D eigenvalue weighted by Crippen LogP contribution is 2.27. The molecule has 1 aliphatic rings. The molecule has 1 fully saturated rings. The third kappa shape index (κ3) is 4.44. The van der Waals surface area contributed by atoms with Gasteiger partial charge in [-0.2, -0.15) is 5.10 Å². The topological polar surface area (TPSA) is 101 Å². The van der Waals surface area contributed by atoms with E-state index in [0.717, 1.165) is 43.5 Å². The molecule has 2 aromatic carbocycles. The molecule has 0 radical (unpaired) electrons. The number of nitrogens with zero attached hydrogens (tertiary/aromatic N) is 5. The number of urea groups is 1. The average Bonchev–Trinajstić information content (AvgIpc) is 3.45. The second-order valence-electron chi connectivity index (χ2n) is 7.81. The maximum absolute atomic E-state index is 12.4. The average molecular weight is 452 g/mol. The molecule has 2 N–H and O–H groups in total. The van der Waals surface area contributed by atoms with Crippen LogP contribution in [0.15, 0.2) is 59.4 Å². The van der Waals surface area contributed by atoms with Crippen molar-refractivity contribution in [3.05, 3.63) is 65.3 Å². The monoisotopic (exact) mass is 451 g/mol. The molecule has 2 aromatic heterocycles. The molecule has 2 amide bonds. The second kappa shape index (κ2) is 8.97. The van der Waals surface area contributed by atoms with E-state index in [1.54, 1.807) is 24.4 Å². The van der Waals surface area contributed by atoms with Gasteiger partial charge in [-0.15, -0.1) is 0 Å². The molecule has 0 aliphatic carbocycles. The zero-order valence-electron chi connectivity index (χ0n) is 17.2. The van der Waals surface area contributed by atoms with E-state index in [9.17, 15) is 4.79 Å². The number of carbonyl (C=O) groups excluding carboxylic acids is 1. The SMILES string of the molecule is O=C(Nc1ccccc1Cl)Nc1ccnn1C1CCN(Cc2ccc3nonc3c2)CC1. The summed E-state index contributed by atoms with van der Waals surface area (Å²) in [5.41, 5.74) is 3.29. The number of anilines is 2. The Morgan fingerprint density at radius 1 is 1.06 bits per heavy atom. The van der Waals surface area contributed by atoms with E-state index in [1.165, 1.54) is 5.56 Å². The Morgan fingerprint density at radius 2 is 1.88 bits per heavy atom. The molecule has 0 saturated carbocycles. The fraction of sp³-hybridized carbons (Fsp3) is 0.273. The van der Waals surface area contributed by atoms with Crippen LogP contribution >= 0.6 is 11.6 Å². The molecule has 9 nitrogen and oxygen atoms in total. The van der Waals surface area contributed by atoms with Crippen molar-refractivity contribution in [3.8, 4) is 0 Å². The normalized spacial score (nSPS) is 15.2. The predicted molar refractivity (Wildman–Crippen MR) is 122 cm³/mol. The number of rotatable bonds is 5. The molecule has 1 aliphatic heterocycles. The number of piperidine rings is 1. The van der Waals surface area contributed by atoms with Crippen molar-refractivity contribution >= 4 is 40.2 Å². The van der Waals surface area contributed by atoms with E-state index in [-0.39, 0.29) is 12.1 Å². The number of halogens is 1. The van der Waals surface area contributed by atoms with Crippen LogP contribution in [0.2, 0.25) is 5.02 Å². The zero-order valence-corrected chi connectivity index (χ0v) is 18.0. The maximum Gasteiger partial charge on any atom is 0.324 e. The van der Waals surface area contributed by atoms with Crippen LogP contribution < -0.4 is 10.6 Å². The number of para-hydroxylation sites is 1. The number of hydrogen-bond acceptors (Lipinski definition) is 6.